The van der Waals surface area contributed by atoms with E-state index in [2.05, 4.69) is 34.8 Å². The van der Waals surface area contributed by atoms with E-state index in [1.54, 1.807) is 0 Å². The third kappa shape index (κ3) is 2.49. The van der Waals surface area contributed by atoms with Gasteiger partial charge in [-0.15, -0.1) is 0 Å². The molecule has 1 aliphatic rings. The fourth-order valence-electron chi connectivity index (χ4n) is 3.25. The van der Waals surface area contributed by atoms with E-state index in [-0.39, 0.29) is 0 Å². The highest BCUT2D eigenvalue weighted by molar-refractivity contribution is 5.80. The Morgan fingerprint density at radius 2 is 2.15 bits per heavy atom. The molecule has 0 aliphatic heterocycles. The van der Waals surface area contributed by atoms with Gasteiger partial charge >= 0.3 is 0 Å². The number of pyridine rings is 1. The van der Waals surface area contributed by atoms with Gasteiger partial charge in [0.15, 0.2) is 5.65 Å². The SMILES string of the molecule is CC=Cc1cnc2c(c1)c(CC)nn2CC1CCCC1. The quantitative estimate of drug-likeness (QED) is 0.832. The van der Waals surface area contributed by atoms with Crippen LogP contribution in [0, 0.1) is 5.92 Å². The lowest BCUT2D eigenvalue weighted by Gasteiger charge is -2.09. The molecule has 0 bridgehead atoms. The van der Waals surface area contributed by atoms with Gasteiger partial charge in [0.05, 0.1) is 5.69 Å². The number of rotatable bonds is 4. The number of hydrogen-bond donors (Lipinski definition) is 0. The number of aryl methyl sites for hydroxylation is 1. The average molecular weight is 269 g/mol. The van der Waals surface area contributed by atoms with Gasteiger partial charge in [0.25, 0.3) is 0 Å². The maximum Gasteiger partial charge on any atom is 0.158 e. The smallest absolute Gasteiger partial charge is 0.158 e. The molecule has 0 radical (unpaired) electrons. The van der Waals surface area contributed by atoms with Gasteiger partial charge in [-0.3, -0.25) is 0 Å². The summed E-state index contributed by atoms with van der Waals surface area (Å²) in [5.41, 5.74) is 3.40. The summed E-state index contributed by atoms with van der Waals surface area (Å²) in [6.45, 7) is 5.24. The fraction of sp³-hybridized carbons (Fsp3) is 0.529. The van der Waals surface area contributed by atoms with Crippen molar-refractivity contribution in [1.82, 2.24) is 14.8 Å². The first-order chi connectivity index (χ1) is 9.81. The van der Waals surface area contributed by atoms with Crippen molar-refractivity contribution in [3.63, 3.8) is 0 Å². The van der Waals surface area contributed by atoms with Crippen molar-refractivity contribution in [2.45, 2.75) is 52.5 Å². The minimum Gasteiger partial charge on any atom is -0.247 e. The molecule has 0 unspecified atom stereocenters. The first-order valence-corrected chi connectivity index (χ1v) is 7.80. The van der Waals surface area contributed by atoms with Crippen LogP contribution in [0.1, 0.15) is 50.8 Å². The highest BCUT2D eigenvalue weighted by atomic mass is 15.3. The Labute approximate surface area is 120 Å². The molecule has 106 valence electrons. The normalized spacial score (nSPS) is 16.7. The first kappa shape index (κ1) is 13.3. The molecule has 20 heavy (non-hydrogen) atoms. The third-order valence-corrected chi connectivity index (χ3v) is 4.28. The summed E-state index contributed by atoms with van der Waals surface area (Å²) in [5.74, 6) is 0.792. The lowest BCUT2D eigenvalue weighted by atomic mass is 10.1. The van der Waals surface area contributed by atoms with Gasteiger partial charge in [-0.05, 0) is 43.7 Å². The van der Waals surface area contributed by atoms with Crippen LogP contribution in [0.5, 0.6) is 0 Å². The molecule has 0 aromatic carbocycles. The molecule has 3 rings (SSSR count). The number of aromatic nitrogens is 3. The maximum atomic E-state index is 4.80. The number of hydrogen-bond acceptors (Lipinski definition) is 2. The van der Waals surface area contributed by atoms with Crippen LogP contribution in [0.25, 0.3) is 17.1 Å². The molecule has 0 saturated heterocycles. The van der Waals surface area contributed by atoms with Crippen LogP contribution in [-0.4, -0.2) is 14.8 Å². The standard InChI is InChI=1S/C17H23N3/c1-3-7-14-10-15-16(4-2)19-20(17(15)18-11-14)12-13-8-5-6-9-13/h3,7,10-11,13H,4-6,8-9,12H2,1-2H3. The highest BCUT2D eigenvalue weighted by Crippen LogP contribution is 2.28. The van der Waals surface area contributed by atoms with E-state index in [4.69, 9.17) is 5.10 Å². The predicted molar refractivity (Wildman–Crippen MR) is 83.6 cm³/mol. The highest BCUT2D eigenvalue weighted by Gasteiger charge is 2.18. The van der Waals surface area contributed by atoms with Crippen LogP contribution in [0.4, 0.5) is 0 Å². The lowest BCUT2D eigenvalue weighted by molar-refractivity contribution is 0.434. The van der Waals surface area contributed by atoms with E-state index in [9.17, 15) is 0 Å². The van der Waals surface area contributed by atoms with Gasteiger partial charge in [0.1, 0.15) is 0 Å². The van der Waals surface area contributed by atoms with Gasteiger partial charge < -0.3 is 0 Å². The average Bonchev–Trinajstić information content (AvgIpc) is 3.08. The van der Waals surface area contributed by atoms with E-state index < -0.39 is 0 Å². The lowest BCUT2D eigenvalue weighted by Crippen LogP contribution is -2.09. The Kier molecular flexibility index (Phi) is 3.86. The van der Waals surface area contributed by atoms with E-state index in [0.717, 1.165) is 30.1 Å². The molecular weight excluding hydrogens is 246 g/mol. The third-order valence-electron chi connectivity index (χ3n) is 4.28. The summed E-state index contributed by atoms with van der Waals surface area (Å²) in [4.78, 5) is 4.66. The first-order valence-electron chi connectivity index (χ1n) is 7.80. The van der Waals surface area contributed by atoms with Crippen LogP contribution in [0.15, 0.2) is 18.3 Å². The minimum atomic E-state index is 0.792. The van der Waals surface area contributed by atoms with E-state index in [1.165, 1.54) is 36.8 Å². The summed E-state index contributed by atoms with van der Waals surface area (Å²) in [6, 6.07) is 2.22. The second kappa shape index (κ2) is 5.78. The van der Waals surface area contributed by atoms with Crippen molar-refractivity contribution in [1.29, 1.82) is 0 Å². The van der Waals surface area contributed by atoms with Crippen LogP contribution in [0.3, 0.4) is 0 Å². The molecule has 1 saturated carbocycles. The van der Waals surface area contributed by atoms with Crippen LogP contribution in [-0.2, 0) is 13.0 Å². The summed E-state index contributed by atoms with van der Waals surface area (Å²) in [7, 11) is 0. The number of allylic oxidation sites excluding steroid dienone is 1. The summed E-state index contributed by atoms with van der Waals surface area (Å²) < 4.78 is 2.14. The molecule has 0 atom stereocenters. The molecule has 2 aromatic heterocycles. The van der Waals surface area contributed by atoms with Crippen molar-refractivity contribution in [2.75, 3.05) is 0 Å². The van der Waals surface area contributed by atoms with Gasteiger partial charge in [-0.25, -0.2) is 9.67 Å². The molecule has 2 aromatic rings. The van der Waals surface area contributed by atoms with Gasteiger partial charge in [0.2, 0.25) is 0 Å². The number of nitrogens with zero attached hydrogens (tertiary/aromatic N) is 3. The molecule has 0 spiro atoms. The van der Waals surface area contributed by atoms with Gasteiger partial charge in [-0.2, -0.15) is 5.10 Å². The largest absolute Gasteiger partial charge is 0.247 e. The second-order valence-electron chi connectivity index (χ2n) is 5.77. The Morgan fingerprint density at radius 3 is 2.85 bits per heavy atom. The topological polar surface area (TPSA) is 30.7 Å². The molecule has 2 heterocycles. The van der Waals surface area contributed by atoms with Crippen LogP contribution in [0.2, 0.25) is 0 Å². The molecule has 1 aliphatic carbocycles. The van der Waals surface area contributed by atoms with E-state index in [1.807, 2.05) is 13.1 Å². The molecule has 0 amide bonds. The number of fused-ring (bicyclic) bond motifs is 1. The Bertz CT molecular complexity index is 618. The fourth-order valence-corrected chi connectivity index (χ4v) is 3.25. The molecule has 3 nitrogen and oxygen atoms in total. The van der Waals surface area contributed by atoms with Crippen molar-refractivity contribution in [2.24, 2.45) is 5.92 Å². The van der Waals surface area contributed by atoms with Crippen molar-refractivity contribution in [3.8, 4) is 0 Å². The second-order valence-corrected chi connectivity index (χ2v) is 5.77. The molecule has 0 N–H and O–H groups in total. The Balaban J connectivity index is 1.99. The Hall–Kier alpha value is -1.64. The van der Waals surface area contributed by atoms with Crippen molar-refractivity contribution < 1.29 is 0 Å². The van der Waals surface area contributed by atoms with Crippen molar-refractivity contribution in [3.05, 3.63) is 29.6 Å². The summed E-state index contributed by atoms with van der Waals surface area (Å²) in [5, 5.41) is 6.03. The predicted octanol–water partition coefficient (Wildman–Crippen LogP) is 4.22. The molecular formula is C17H23N3. The molecule has 1 fully saturated rings. The van der Waals surface area contributed by atoms with Crippen LogP contribution < -0.4 is 0 Å². The van der Waals surface area contributed by atoms with Gasteiger partial charge in [0, 0.05) is 18.1 Å². The maximum absolute atomic E-state index is 4.80. The monoisotopic (exact) mass is 269 g/mol. The van der Waals surface area contributed by atoms with Crippen LogP contribution >= 0.6 is 0 Å². The van der Waals surface area contributed by atoms with E-state index >= 15 is 0 Å². The van der Waals surface area contributed by atoms with Gasteiger partial charge in [-0.1, -0.05) is 31.9 Å². The zero-order valence-corrected chi connectivity index (χ0v) is 12.5. The summed E-state index contributed by atoms with van der Waals surface area (Å²) >= 11 is 0. The zero-order valence-electron chi connectivity index (χ0n) is 12.5. The zero-order chi connectivity index (χ0) is 13.9. The summed E-state index contributed by atoms with van der Waals surface area (Å²) in [6.07, 6.45) is 12.5. The van der Waals surface area contributed by atoms with Crippen molar-refractivity contribution >= 4 is 17.1 Å². The Morgan fingerprint density at radius 1 is 1.35 bits per heavy atom. The molecule has 3 heteroatoms. The minimum absolute atomic E-state index is 0.792. The van der Waals surface area contributed by atoms with E-state index in [0.29, 0.717) is 0 Å².